The van der Waals surface area contributed by atoms with Gasteiger partial charge in [-0.25, -0.2) is 9.97 Å². The maximum atomic E-state index is 9.24. The van der Waals surface area contributed by atoms with E-state index in [1.807, 2.05) is 43.0 Å². The van der Waals surface area contributed by atoms with Crippen LogP contribution in [0.4, 0.5) is 5.95 Å². The van der Waals surface area contributed by atoms with E-state index < -0.39 is 0 Å². The predicted molar refractivity (Wildman–Crippen MR) is 90.5 cm³/mol. The normalized spacial score (nSPS) is 16.5. The highest BCUT2D eigenvalue weighted by Gasteiger charge is 2.25. The van der Waals surface area contributed by atoms with Crippen LogP contribution in [0, 0.1) is 0 Å². The minimum absolute atomic E-state index is 0.0642. The maximum absolute atomic E-state index is 9.24. The van der Waals surface area contributed by atoms with Crippen molar-refractivity contribution in [2.24, 2.45) is 7.05 Å². The zero-order valence-electron chi connectivity index (χ0n) is 14.6. The van der Waals surface area contributed by atoms with Crippen molar-refractivity contribution in [3.05, 3.63) is 29.6 Å². The number of nitrogens with zero attached hydrogens (tertiary/aromatic N) is 7. The Morgan fingerprint density at radius 3 is 2.38 bits per heavy atom. The van der Waals surface area contributed by atoms with Crippen molar-refractivity contribution in [3.63, 3.8) is 0 Å². The van der Waals surface area contributed by atoms with Gasteiger partial charge in [0, 0.05) is 51.6 Å². The van der Waals surface area contributed by atoms with Gasteiger partial charge in [-0.1, -0.05) is 0 Å². The van der Waals surface area contributed by atoms with Crippen molar-refractivity contribution in [1.82, 2.24) is 29.6 Å². The molecule has 0 atom stereocenters. The van der Waals surface area contributed by atoms with E-state index in [4.69, 9.17) is 0 Å². The lowest BCUT2D eigenvalue weighted by molar-refractivity contribution is 0.199. The van der Waals surface area contributed by atoms with Crippen LogP contribution in [0.3, 0.4) is 0 Å². The third-order valence-electron chi connectivity index (χ3n) is 4.59. The second kappa shape index (κ2) is 7.23. The molecule has 3 heterocycles. The van der Waals surface area contributed by atoms with Crippen LogP contribution in [0.5, 0.6) is 0 Å². The summed E-state index contributed by atoms with van der Waals surface area (Å²) in [5, 5.41) is 17.5. The number of hydrogen-bond donors (Lipinski definition) is 1. The number of piperidine rings is 1. The van der Waals surface area contributed by atoms with Gasteiger partial charge in [-0.15, -0.1) is 10.2 Å². The van der Waals surface area contributed by atoms with Crippen LogP contribution >= 0.6 is 0 Å². The third-order valence-corrected chi connectivity index (χ3v) is 4.59. The number of hydrogen-bond acceptors (Lipinski definition) is 7. The van der Waals surface area contributed by atoms with Crippen LogP contribution in [-0.2, 0) is 20.2 Å². The summed E-state index contributed by atoms with van der Waals surface area (Å²) >= 11 is 0. The Morgan fingerprint density at radius 1 is 1.17 bits per heavy atom. The highest BCUT2D eigenvalue weighted by Crippen LogP contribution is 2.27. The number of aliphatic hydroxyl groups is 1. The van der Waals surface area contributed by atoms with Crippen molar-refractivity contribution in [2.45, 2.75) is 31.9 Å². The van der Waals surface area contributed by atoms with E-state index in [1.165, 1.54) is 0 Å². The zero-order chi connectivity index (χ0) is 17.1. The Hall–Kier alpha value is -2.06. The molecular formula is C16H25N7O. The van der Waals surface area contributed by atoms with Gasteiger partial charge in [0.05, 0.1) is 0 Å². The average molecular weight is 331 g/mol. The van der Waals surface area contributed by atoms with Crippen LogP contribution < -0.4 is 4.90 Å². The Morgan fingerprint density at radius 2 is 1.83 bits per heavy atom. The molecule has 2 aromatic rings. The molecule has 0 bridgehead atoms. The largest absolute Gasteiger partial charge is 0.388 e. The Bertz CT molecular complexity index is 660. The van der Waals surface area contributed by atoms with E-state index in [2.05, 4.69) is 25.1 Å². The molecule has 0 radical (unpaired) electrons. The highest BCUT2D eigenvalue weighted by molar-refractivity contribution is 5.26. The van der Waals surface area contributed by atoms with Crippen molar-refractivity contribution in [1.29, 1.82) is 0 Å². The molecular weight excluding hydrogens is 306 g/mol. The van der Waals surface area contributed by atoms with Gasteiger partial charge < -0.3 is 14.6 Å². The van der Waals surface area contributed by atoms with Crippen LogP contribution in [0.1, 0.15) is 36.0 Å². The molecule has 1 saturated heterocycles. The smallest absolute Gasteiger partial charge is 0.224 e. The molecule has 0 aliphatic carbocycles. The van der Waals surface area contributed by atoms with Gasteiger partial charge >= 0.3 is 0 Å². The summed E-state index contributed by atoms with van der Waals surface area (Å²) in [7, 11) is 5.81. The summed E-state index contributed by atoms with van der Waals surface area (Å²) < 4.78 is 1.92. The SMILES string of the molecule is CN(C)c1ncc(CN2CCC(c3nnc(CO)n3C)CC2)cn1. The topological polar surface area (TPSA) is 83.2 Å². The van der Waals surface area contributed by atoms with Gasteiger partial charge in [0.1, 0.15) is 12.4 Å². The molecule has 1 aliphatic heterocycles. The first-order valence-electron chi connectivity index (χ1n) is 8.28. The molecule has 0 saturated carbocycles. The van der Waals surface area contributed by atoms with E-state index in [9.17, 15) is 5.11 Å². The Kier molecular flexibility index (Phi) is 5.06. The molecule has 2 aromatic heterocycles. The van der Waals surface area contributed by atoms with Crippen molar-refractivity contribution >= 4 is 5.95 Å². The second-order valence-corrected chi connectivity index (χ2v) is 6.53. The average Bonchev–Trinajstić information content (AvgIpc) is 2.97. The van der Waals surface area contributed by atoms with Crippen molar-refractivity contribution in [2.75, 3.05) is 32.1 Å². The molecule has 8 heteroatoms. The minimum Gasteiger partial charge on any atom is -0.388 e. The van der Waals surface area contributed by atoms with Gasteiger partial charge in [-0.05, 0) is 25.9 Å². The van der Waals surface area contributed by atoms with Gasteiger partial charge in [-0.2, -0.15) is 0 Å². The molecule has 0 unspecified atom stereocenters. The summed E-state index contributed by atoms with van der Waals surface area (Å²) in [6.07, 6.45) is 5.91. The van der Waals surface area contributed by atoms with Crippen molar-refractivity contribution < 1.29 is 5.11 Å². The highest BCUT2D eigenvalue weighted by atomic mass is 16.3. The monoisotopic (exact) mass is 331 g/mol. The number of rotatable bonds is 5. The van der Waals surface area contributed by atoms with Crippen LogP contribution in [0.25, 0.3) is 0 Å². The fourth-order valence-electron chi connectivity index (χ4n) is 3.14. The first-order valence-corrected chi connectivity index (χ1v) is 8.28. The second-order valence-electron chi connectivity index (χ2n) is 6.53. The van der Waals surface area contributed by atoms with Crippen molar-refractivity contribution in [3.8, 4) is 0 Å². The molecule has 1 N–H and O–H groups in total. The quantitative estimate of drug-likeness (QED) is 0.856. The molecule has 3 rings (SSSR count). The van der Waals surface area contributed by atoms with E-state index in [0.29, 0.717) is 11.7 Å². The van der Waals surface area contributed by atoms with Gasteiger partial charge in [0.2, 0.25) is 5.95 Å². The van der Waals surface area contributed by atoms with E-state index in [0.717, 1.165) is 49.8 Å². The molecule has 8 nitrogen and oxygen atoms in total. The zero-order valence-corrected chi connectivity index (χ0v) is 14.6. The lowest BCUT2D eigenvalue weighted by Crippen LogP contribution is -2.33. The fourth-order valence-corrected chi connectivity index (χ4v) is 3.14. The molecule has 1 fully saturated rings. The first kappa shape index (κ1) is 16.8. The lowest BCUT2D eigenvalue weighted by Gasteiger charge is -2.31. The summed E-state index contributed by atoms with van der Waals surface area (Å²) in [4.78, 5) is 13.1. The van der Waals surface area contributed by atoms with Crippen LogP contribution in [0.2, 0.25) is 0 Å². The maximum Gasteiger partial charge on any atom is 0.224 e. The summed E-state index contributed by atoms with van der Waals surface area (Å²) in [6, 6.07) is 0. The Labute approximate surface area is 142 Å². The van der Waals surface area contributed by atoms with Crippen LogP contribution in [0.15, 0.2) is 12.4 Å². The lowest BCUT2D eigenvalue weighted by atomic mass is 9.95. The predicted octanol–water partition coefficient (Wildman–Crippen LogP) is 0.543. The molecule has 24 heavy (non-hydrogen) atoms. The molecule has 130 valence electrons. The summed E-state index contributed by atoms with van der Waals surface area (Å²) in [6.45, 7) is 2.84. The summed E-state index contributed by atoms with van der Waals surface area (Å²) in [5.74, 6) is 2.76. The van der Waals surface area contributed by atoms with Crippen LogP contribution in [-0.4, -0.2) is 61.9 Å². The molecule has 0 aromatic carbocycles. The summed E-state index contributed by atoms with van der Waals surface area (Å²) in [5.41, 5.74) is 1.14. The van der Waals surface area contributed by atoms with Gasteiger partial charge in [0.15, 0.2) is 5.82 Å². The van der Waals surface area contributed by atoms with E-state index in [1.54, 1.807) is 0 Å². The van der Waals surface area contributed by atoms with Gasteiger partial charge in [-0.3, -0.25) is 4.90 Å². The molecule has 1 aliphatic rings. The molecule has 0 spiro atoms. The standard InChI is InChI=1S/C16H25N7O/c1-21(2)16-17-8-12(9-18-16)10-23-6-4-13(5-7-23)15-20-19-14(11-24)22(15)3/h8-9,13,24H,4-7,10-11H2,1-3H3. The fraction of sp³-hybridized carbons (Fsp3) is 0.625. The van der Waals surface area contributed by atoms with E-state index in [-0.39, 0.29) is 6.61 Å². The van der Waals surface area contributed by atoms with E-state index >= 15 is 0 Å². The molecule has 0 amide bonds. The number of likely N-dealkylation sites (tertiary alicyclic amines) is 1. The Balaban J connectivity index is 1.56. The number of aromatic nitrogens is 5. The number of aliphatic hydroxyl groups excluding tert-OH is 1. The minimum atomic E-state index is -0.0642. The third kappa shape index (κ3) is 3.54. The first-order chi connectivity index (χ1) is 11.6. The van der Waals surface area contributed by atoms with Gasteiger partial charge in [0.25, 0.3) is 0 Å². The number of anilines is 1.